The Morgan fingerprint density at radius 3 is 2.42 bits per heavy atom. The first-order chi connectivity index (χ1) is 11.5. The zero-order valence-electron chi connectivity index (χ0n) is 14.5. The molecule has 1 amide bonds. The Morgan fingerprint density at radius 2 is 1.75 bits per heavy atom. The molecule has 1 aromatic carbocycles. The Kier molecular flexibility index (Phi) is 4.83. The summed E-state index contributed by atoms with van der Waals surface area (Å²) in [7, 11) is 3.99. The topological polar surface area (TPSA) is 70.2 Å². The molecule has 6 heteroatoms. The van der Waals surface area contributed by atoms with Gasteiger partial charge in [0.1, 0.15) is 5.82 Å². The lowest BCUT2D eigenvalue weighted by Crippen LogP contribution is -2.39. The van der Waals surface area contributed by atoms with E-state index in [0.29, 0.717) is 18.0 Å². The molecule has 24 heavy (non-hydrogen) atoms. The number of hydrogen-bond donors (Lipinski definition) is 2. The van der Waals surface area contributed by atoms with E-state index >= 15 is 0 Å². The molecule has 128 valence electrons. The summed E-state index contributed by atoms with van der Waals surface area (Å²) in [5.41, 5.74) is 0.950. The van der Waals surface area contributed by atoms with Crippen molar-refractivity contribution in [3.63, 3.8) is 0 Å². The third kappa shape index (κ3) is 3.75. The van der Waals surface area contributed by atoms with Gasteiger partial charge in [0, 0.05) is 38.5 Å². The van der Waals surface area contributed by atoms with Gasteiger partial charge in [-0.05, 0) is 37.8 Å². The molecule has 0 spiro atoms. The first kappa shape index (κ1) is 16.5. The molecule has 0 unspecified atom stereocenters. The van der Waals surface area contributed by atoms with Crippen molar-refractivity contribution in [1.29, 1.82) is 0 Å². The average Bonchev–Trinajstić information content (AvgIpc) is 2.55. The zero-order valence-corrected chi connectivity index (χ0v) is 14.5. The Balaban J connectivity index is 1.73. The van der Waals surface area contributed by atoms with E-state index in [1.54, 1.807) is 6.92 Å². The van der Waals surface area contributed by atoms with Gasteiger partial charge < -0.3 is 15.5 Å². The van der Waals surface area contributed by atoms with Crippen LogP contribution in [0.1, 0.15) is 32.6 Å². The second-order valence-electron chi connectivity index (χ2n) is 6.68. The number of hydrogen-bond acceptors (Lipinski definition) is 5. The van der Waals surface area contributed by atoms with Gasteiger partial charge in [0.25, 0.3) is 0 Å². The maximum Gasteiger partial charge on any atom is 0.225 e. The first-order valence-corrected chi connectivity index (χ1v) is 8.50. The number of benzene rings is 1. The summed E-state index contributed by atoms with van der Waals surface area (Å²) in [5.74, 6) is 1.66. The number of rotatable bonds is 4. The number of amides is 1. The lowest BCUT2D eigenvalue weighted by Gasteiger charge is -2.29. The minimum atomic E-state index is 0.0555. The second-order valence-corrected chi connectivity index (χ2v) is 6.68. The normalized spacial score (nSPS) is 20.6. The van der Waals surface area contributed by atoms with E-state index in [-0.39, 0.29) is 5.91 Å². The van der Waals surface area contributed by atoms with Crippen molar-refractivity contribution in [1.82, 2.24) is 15.3 Å². The third-order valence-electron chi connectivity index (χ3n) is 4.47. The first-order valence-electron chi connectivity index (χ1n) is 8.50. The molecule has 2 N–H and O–H groups in total. The van der Waals surface area contributed by atoms with Gasteiger partial charge in [-0.2, -0.15) is 4.98 Å². The van der Waals surface area contributed by atoms with Crippen LogP contribution in [0.4, 0.5) is 11.8 Å². The van der Waals surface area contributed by atoms with Crippen LogP contribution < -0.4 is 15.5 Å². The fourth-order valence-electron chi connectivity index (χ4n) is 3.32. The van der Waals surface area contributed by atoms with Crippen LogP contribution in [0.25, 0.3) is 10.9 Å². The molecule has 1 saturated carbocycles. The molecule has 0 saturated heterocycles. The molecule has 1 aliphatic carbocycles. The highest BCUT2D eigenvalue weighted by Crippen LogP contribution is 2.26. The SMILES string of the molecule is CC(=O)NC1CCC(Nc2nc(N(C)C)c3ccccc3n2)CC1. The van der Waals surface area contributed by atoms with Gasteiger partial charge in [0.05, 0.1) is 5.52 Å². The average molecular weight is 327 g/mol. The van der Waals surface area contributed by atoms with Crippen molar-refractivity contribution < 1.29 is 4.79 Å². The van der Waals surface area contributed by atoms with Crippen LogP contribution in [0, 0.1) is 0 Å². The lowest BCUT2D eigenvalue weighted by atomic mass is 9.91. The maximum atomic E-state index is 11.2. The van der Waals surface area contributed by atoms with Crippen LogP contribution in [0.2, 0.25) is 0 Å². The van der Waals surface area contributed by atoms with Gasteiger partial charge in [0.15, 0.2) is 0 Å². The summed E-state index contributed by atoms with van der Waals surface area (Å²) in [6, 6.07) is 8.73. The Bertz CT molecular complexity index is 722. The number of carbonyl (C=O) groups is 1. The van der Waals surface area contributed by atoms with Gasteiger partial charge in [0.2, 0.25) is 11.9 Å². The molecule has 1 fully saturated rings. The predicted molar refractivity (Wildman–Crippen MR) is 97.3 cm³/mol. The number of nitrogens with one attached hydrogen (secondary N) is 2. The Labute approximate surface area is 142 Å². The molecule has 2 aromatic rings. The number of aromatic nitrogens is 2. The summed E-state index contributed by atoms with van der Waals surface area (Å²) in [6.45, 7) is 1.58. The molecule has 6 nitrogen and oxygen atoms in total. The van der Waals surface area contributed by atoms with Crippen LogP contribution in [0.5, 0.6) is 0 Å². The number of nitrogens with zero attached hydrogens (tertiary/aromatic N) is 3. The molecule has 0 bridgehead atoms. The summed E-state index contributed by atoms with van der Waals surface area (Å²) >= 11 is 0. The summed E-state index contributed by atoms with van der Waals surface area (Å²) in [6.07, 6.45) is 4.01. The van der Waals surface area contributed by atoms with Gasteiger partial charge in [-0.3, -0.25) is 4.79 Å². The van der Waals surface area contributed by atoms with E-state index in [1.807, 2.05) is 43.3 Å². The number of para-hydroxylation sites is 1. The van der Waals surface area contributed by atoms with E-state index < -0.39 is 0 Å². The van der Waals surface area contributed by atoms with Crippen LogP contribution in [0.15, 0.2) is 24.3 Å². The number of anilines is 2. The maximum absolute atomic E-state index is 11.2. The van der Waals surface area contributed by atoms with E-state index in [2.05, 4.69) is 15.6 Å². The molecular formula is C18H25N5O. The molecular weight excluding hydrogens is 302 g/mol. The van der Waals surface area contributed by atoms with Crippen molar-refractivity contribution in [2.24, 2.45) is 0 Å². The van der Waals surface area contributed by atoms with Crippen molar-refractivity contribution in [3.05, 3.63) is 24.3 Å². The van der Waals surface area contributed by atoms with Gasteiger partial charge in [-0.15, -0.1) is 0 Å². The van der Waals surface area contributed by atoms with Crippen LogP contribution in [0.3, 0.4) is 0 Å². The minimum Gasteiger partial charge on any atom is -0.362 e. The van der Waals surface area contributed by atoms with Crippen molar-refractivity contribution in [3.8, 4) is 0 Å². The highest BCUT2D eigenvalue weighted by Gasteiger charge is 2.22. The van der Waals surface area contributed by atoms with E-state index in [4.69, 9.17) is 4.98 Å². The monoisotopic (exact) mass is 327 g/mol. The summed E-state index contributed by atoms with van der Waals surface area (Å²) in [4.78, 5) is 22.5. The van der Waals surface area contributed by atoms with E-state index in [1.165, 1.54) is 0 Å². The van der Waals surface area contributed by atoms with E-state index in [0.717, 1.165) is 42.4 Å². The Morgan fingerprint density at radius 1 is 1.08 bits per heavy atom. The molecule has 0 atom stereocenters. The highest BCUT2D eigenvalue weighted by atomic mass is 16.1. The molecule has 1 aliphatic rings. The smallest absolute Gasteiger partial charge is 0.225 e. The van der Waals surface area contributed by atoms with Gasteiger partial charge >= 0.3 is 0 Å². The van der Waals surface area contributed by atoms with Crippen molar-refractivity contribution >= 4 is 28.6 Å². The quantitative estimate of drug-likeness (QED) is 0.903. The van der Waals surface area contributed by atoms with Crippen LogP contribution >= 0.6 is 0 Å². The Hall–Kier alpha value is -2.37. The minimum absolute atomic E-state index is 0.0555. The van der Waals surface area contributed by atoms with Crippen molar-refractivity contribution in [2.75, 3.05) is 24.3 Å². The highest BCUT2D eigenvalue weighted by molar-refractivity contribution is 5.90. The van der Waals surface area contributed by atoms with Crippen LogP contribution in [-0.2, 0) is 4.79 Å². The lowest BCUT2D eigenvalue weighted by molar-refractivity contribution is -0.119. The fraction of sp³-hybridized carbons (Fsp3) is 0.500. The van der Waals surface area contributed by atoms with E-state index in [9.17, 15) is 4.79 Å². The van der Waals surface area contributed by atoms with Crippen molar-refractivity contribution in [2.45, 2.75) is 44.7 Å². The largest absolute Gasteiger partial charge is 0.362 e. The summed E-state index contributed by atoms with van der Waals surface area (Å²) < 4.78 is 0. The number of fused-ring (bicyclic) bond motifs is 1. The summed E-state index contributed by atoms with van der Waals surface area (Å²) in [5, 5.41) is 7.55. The third-order valence-corrected chi connectivity index (χ3v) is 4.47. The standard InChI is InChI=1S/C18H25N5O/c1-12(24)19-13-8-10-14(11-9-13)20-18-21-16-7-5-4-6-15(16)17(22-18)23(2)3/h4-7,13-14H,8-11H2,1-3H3,(H,19,24)(H,20,21,22). The fourth-order valence-corrected chi connectivity index (χ4v) is 3.32. The van der Waals surface area contributed by atoms with Gasteiger partial charge in [-0.25, -0.2) is 4.98 Å². The van der Waals surface area contributed by atoms with Crippen LogP contribution in [-0.4, -0.2) is 42.1 Å². The predicted octanol–water partition coefficient (Wildman–Crippen LogP) is 2.55. The zero-order chi connectivity index (χ0) is 17.1. The molecule has 0 aliphatic heterocycles. The number of carbonyl (C=O) groups excluding carboxylic acids is 1. The molecule has 0 radical (unpaired) electrons. The second kappa shape index (κ2) is 7.03. The van der Waals surface area contributed by atoms with Gasteiger partial charge in [-0.1, -0.05) is 12.1 Å². The molecule has 3 rings (SSSR count). The molecule has 1 aromatic heterocycles. The molecule has 1 heterocycles.